The molecule has 1 N–H and O–H groups in total. The van der Waals surface area contributed by atoms with Crippen molar-refractivity contribution in [3.8, 4) is 0 Å². The van der Waals surface area contributed by atoms with Gasteiger partial charge in [-0.1, -0.05) is 24.3 Å². The van der Waals surface area contributed by atoms with Crippen LogP contribution in [0.5, 0.6) is 0 Å². The second kappa shape index (κ2) is 5.08. The quantitative estimate of drug-likeness (QED) is 0.850. The maximum atomic E-state index is 9.18. The number of fused-ring (bicyclic) bond motifs is 1. The minimum absolute atomic E-state index is 0.208. The first-order valence-corrected chi connectivity index (χ1v) is 5.78. The molecule has 0 spiro atoms. The second-order valence-electron chi connectivity index (χ2n) is 4.24. The highest BCUT2D eigenvalue weighted by atomic mass is 16.3. The number of aryl methyl sites for hydroxylation is 1. The molecule has 0 fully saturated rings. The molecule has 0 saturated heterocycles. The van der Waals surface area contributed by atoms with E-state index in [1.165, 1.54) is 5.39 Å². The van der Waals surface area contributed by atoms with E-state index in [-0.39, 0.29) is 6.10 Å². The van der Waals surface area contributed by atoms with Gasteiger partial charge in [-0.25, -0.2) is 0 Å². The summed E-state index contributed by atoms with van der Waals surface area (Å²) in [5, 5.41) is 10.4. The van der Waals surface area contributed by atoms with Gasteiger partial charge in [0.25, 0.3) is 0 Å². The second-order valence-corrected chi connectivity index (χ2v) is 4.24. The fraction of sp³-hybridized carbons (Fsp3) is 0.357. The van der Waals surface area contributed by atoms with Crippen molar-refractivity contribution in [2.75, 3.05) is 0 Å². The van der Waals surface area contributed by atoms with Crippen LogP contribution in [-0.4, -0.2) is 16.2 Å². The van der Waals surface area contributed by atoms with Gasteiger partial charge in [0.1, 0.15) is 0 Å². The van der Waals surface area contributed by atoms with Crippen molar-refractivity contribution >= 4 is 10.9 Å². The predicted octanol–water partition coefficient (Wildman–Crippen LogP) is 2.94. The first kappa shape index (κ1) is 11.1. The number of hydrogen-bond acceptors (Lipinski definition) is 2. The van der Waals surface area contributed by atoms with Crippen LogP contribution in [0.1, 0.15) is 25.5 Å². The van der Waals surface area contributed by atoms with Crippen LogP contribution in [-0.2, 0) is 6.42 Å². The van der Waals surface area contributed by atoms with E-state index in [1.54, 1.807) is 0 Å². The van der Waals surface area contributed by atoms with E-state index in [4.69, 9.17) is 0 Å². The SMILES string of the molecule is CC(O)CCCc1ccc2ccccc2n1. The average Bonchev–Trinajstić information content (AvgIpc) is 2.28. The Balaban J connectivity index is 2.08. The third-order valence-corrected chi connectivity index (χ3v) is 2.71. The summed E-state index contributed by atoms with van der Waals surface area (Å²) >= 11 is 0. The Bertz CT molecular complexity index is 465. The van der Waals surface area contributed by atoms with Crippen molar-refractivity contribution in [2.24, 2.45) is 0 Å². The normalized spacial score (nSPS) is 12.9. The summed E-state index contributed by atoms with van der Waals surface area (Å²) in [7, 11) is 0. The standard InChI is InChI=1S/C14H17NO/c1-11(16)5-4-7-13-10-9-12-6-2-3-8-14(12)15-13/h2-3,6,8-11,16H,4-5,7H2,1H3. The summed E-state index contributed by atoms with van der Waals surface area (Å²) in [6.45, 7) is 1.83. The Labute approximate surface area is 96.0 Å². The van der Waals surface area contributed by atoms with E-state index in [0.29, 0.717) is 0 Å². The molecule has 84 valence electrons. The first-order chi connectivity index (χ1) is 7.75. The maximum Gasteiger partial charge on any atom is 0.0705 e. The largest absolute Gasteiger partial charge is 0.393 e. The molecule has 2 nitrogen and oxygen atoms in total. The van der Waals surface area contributed by atoms with Crippen LogP contribution < -0.4 is 0 Å². The van der Waals surface area contributed by atoms with Crippen LogP contribution in [0.25, 0.3) is 10.9 Å². The smallest absolute Gasteiger partial charge is 0.0705 e. The van der Waals surface area contributed by atoms with Gasteiger partial charge < -0.3 is 5.11 Å². The molecular formula is C14H17NO. The molecule has 0 bridgehead atoms. The zero-order chi connectivity index (χ0) is 11.4. The number of pyridine rings is 1. The molecule has 2 rings (SSSR count). The lowest BCUT2D eigenvalue weighted by Gasteiger charge is -2.04. The van der Waals surface area contributed by atoms with Crippen molar-refractivity contribution in [1.82, 2.24) is 4.98 Å². The average molecular weight is 215 g/mol. The summed E-state index contributed by atoms with van der Waals surface area (Å²) in [6.07, 6.45) is 2.56. The molecule has 2 heteroatoms. The van der Waals surface area contributed by atoms with E-state index in [1.807, 2.05) is 25.1 Å². The molecular weight excluding hydrogens is 198 g/mol. The van der Waals surface area contributed by atoms with Crippen LogP contribution >= 0.6 is 0 Å². The van der Waals surface area contributed by atoms with Gasteiger partial charge in [0, 0.05) is 11.1 Å². The van der Waals surface area contributed by atoms with Crippen LogP contribution in [0, 0.1) is 0 Å². The molecule has 1 atom stereocenters. The molecule has 1 aromatic carbocycles. The zero-order valence-corrected chi connectivity index (χ0v) is 9.56. The minimum Gasteiger partial charge on any atom is -0.393 e. The highest BCUT2D eigenvalue weighted by Crippen LogP contribution is 2.13. The number of aromatic nitrogens is 1. The van der Waals surface area contributed by atoms with E-state index < -0.39 is 0 Å². The van der Waals surface area contributed by atoms with Gasteiger partial charge in [-0.2, -0.15) is 0 Å². The van der Waals surface area contributed by atoms with Gasteiger partial charge in [0.05, 0.1) is 11.6 Å². The maximum absolute atomic E-state index is 9.18. The molecule has 0 radical (unpaired) electrons. The van der Waals surface area contributed by atoms with Crippen molar-refractivity contribution < 1.29 is 5.11 Å². The molecule has 0 aliphatic carbocycles. The highest BCUT2D eigenvalue weighted by Gasteiger charge is 2.00. The predicted molar refractivity (Wildman–Crippen MR) is 66.4 cm³/mol. The molecule has 1 aromatic heterocycles. The molecule has 0 aliphatic rings. The first-order valence-electron chi connectivity index (χ1n) is 5.78. The third kappa shape index (κ3) is 2.80. The van der Waals surface area contributed by atoms with Crippen molar-refractivity contribution in [2.45, 2.75) is 32.3 Å². The lowest BCUT2D eigenvalue weighted by Crippen LogP contribution is -2.00. The fourth-order valence-electron chi connectivity index (χ4n) is 1.83. The number of benzene rings is 1. The monoisotopic (exact) mass is 215 g/mol. The molecule has 1 heterocycles. The Morgan fingerprint density at radius 3 is 2.81 bits per heavy atom. The lowest BCUT2D eigenvalue weighted by atomic mass is 10.1. The van der Waals surface area contributed by atoms with Gasteiger partial charge >= 0.3 is 0 Å². The molecule has 2 aromatic rings. The molecule has 0 amide bonds. The number of aliphatic hydroxyl groups excluding tert-OH is 1. The van der Waals surface area contributed by atoms with Gasteiger partial charge in [0.2, 0.25) is 0 Å². The van der Waals surface area contributed by atoms with Gasteiger partial charge in [0.15, 0.2) is 0 Å². The topological polar surface area (TPSA) is 33.1 Å². The van der Waals surface area contributed by atoms with E-state index in [0.717, 1.165) is 30.5 Å². The van der Waals surface area contributed by atoms with Crippen LogP contribution in [0.2, 0.25) is 0 Å². The molecule has 16 heavy (non-hydrogen) atoms. The summed E-state index contributed by atoms with van der Waals surface area (Å²) < 4.78 is 0. The van der Waals surface area contributed by atoms with Crippen molar-refractivity contribution in [1.29, 1.82) is 0 Å². The van der Waals surface area contributed by atoms with Crippen LogP contribution in [0.4, 0.5) is 0 Å². The number of nitrogens with zero attached hydrogens (tertiary/aromatic N) is 1. The summed E-state index contributed by atoms with van der Waals surface area (Å²) in [6, 6.07) is 12.3. The van der Waals surface area contributed by atoms with E-state index in [9.17, 15) is 5.11 Å². The summed E-state index contributed by atoms with van der Waals surface area (Å²) in [5.41, 5.74) is 2.16. The van der Waals surface area contributed by atoms with Gasteiger partial charge in [-0.15, -0.1) is 0 Å². The third-order valence-electron chi connectivity index (χ3n) is 2.71. The number of hydrogen-bond donors (Lipinski definition) is 1. The van der Waals surface area contributed by atoms with Crippen molar-refractivity contribution in [3.05, 3.63) is 42.1 Å². The summed E-state index contributed by atoms with van der Waals surface area (Å²) in [4.78, 5) is 4.59. The molecule has 1 unspecified atom stereocenters. The Kier molecular flexibility index (Phi) is 3.52. The van der Waals surface area contributed by atoms with Crippen LogP contribution in [0.15, 0.2) is 36.4 Å². The summed E-state index contributed by atoms with van der Waals surface area (Å²) in [5.74, 6) is 0. The molecule has 0 aliphatic heterocycles. The van der Waals surface area contributed by atoms with E-state index in [2.05, 4.69) is 23.2 Å². The number of para-hydroxylation sites is 1. The van der Waals surface area contributed by atoms with Crippen LogP contribution in [0.3, 0.4) is 0 Å². The number of aliphatic hydroxyl groups is 1. The van der Waals surface area contributed by atoms with Gasteiger partial charge in [-0.05, 0) is 38.3 Å². The Hall–Kier alpha value is -1.41. The van der Waals surface area contributed by atoms with Gasteiger partial charge in [-0.3, -0.25) is 4.98 Å². The number of rotatable bonds is 4. The molecule has 0 saturated carbocycles. The minimum atomic E-state index is -0.208. The fourth-order valence-corrected chi connectivity index (χ4v) is 1.83. The van der Waals surface area contributed by atoms with Crippen molar-refractivity contribution in [3.63, 3.8) is 0 Å². The zero-order valence-electron chi connectivity index (χ0n) is 9.56. The van der Waals surface area contributed by atoms with E-state index >= 15 is 0 Å². The lowest BCUT2D eigenvalue weighted by molar-refractivity contribution is 0.181. The Morgan fingerprint density at radius 1 is 1.19 bits per heavy atom. The Morgan fingerprint density at radius 2 is 2.00 bits per heavy atom. The highest BCUT2D eigenvalue weighted by molar-refractivity contribution is 5.78.